The van der Waals surface area contributed by atoms with Gasteiger partial charge in [0, 0.05) is 10.9 Å². The summed E-state index contributed by atoms with van der Waals surface area (Å²) in [5.41, 5.74) is 5.68. The Kier molecular flexibility index (Phi) is 4.70. The molecule has 128 valence electrons. The number of benzene rings is 2. The zero-order chi connectivity index (χ0) is 17.8. The van der Waals surface area contributed by atoms with Crippen LogP contribution in [0, 0.1) is 6.92 Å². The average molecular weight is 337 g/mol. The van der Waals surface area contributed by atoms with Crippen molar-refractivity contribution in [2.45, 2.75) is 6.92 Å². The molecule has 0 amide bonds. The molecule has 25 heavy (non-hydrogen) atoms. The minimum atomic E-state index is -0.0399. The summed E-state index contributed by atoms with van der Waals surface area (Å²) in [7, 11) is 2.96. The van der Waals surface area contributed by atoms with Crippen molar-refractivity contribution in [2.24, 2.45) is 5.10 Å². The standard InChI is InChI=1S/C19H19N3O3/c1-12-8-18(21-15-7-5-4-6-14(12)15)22-20-11-13-9-16(24-2)19(23)17(10-13)25-3/h4-11,23H,1-3H3,(H,21,22)/b20-11+. The maximum atomic E-state index is 9.93. The van der Waals surface area contributed by atoms with E-state index < -0.39 is 0 Å². The maximum absolute atomic E-state index is 9.93. The predicted molar refractivity (Wildman–Crippen MR) is 98.9 cm³/mol. The maximum Gasteiger partial charge on any atom is 0.200 e. The Balaban J connectivity index is 1.84. The minimum Gasteiger partial charge on any atom is -0.502 e. The number of ether oxygens (including phenoxy) is 2. The van der Waals surface area contributed by atoms with E-state index in [0.717, 1.165) is 22.0 Å². The number of hydrazone groups is 1. The number of aromatic hydroxyl groups is 1. The molecule has 0 atom stereocenters. The molecule has 0 fully saturated rings. The van der Waals surface area contributed by atoms with Crippen molar-refractivity contribution in [1.29, 1.82) is 0 Å². The SMILES string of the molecule is COc1cc(/C=N/Nc2cc(C)c3ccccc3n2)cc(OC)c1O. The molecule has 0 aliphatic heterocycles. The number of nitrogens with one attached hydrogen (secondary N) is 1. The van der Waals surface area contributed by atoms with E-state index in [1.165, 1.54) is 14.2 Å². The van der Waals surface area contributed by atoms with E-state index in [2.05, 4.69) is 15.5 Å². The van der Waals surface area contributed by atoms with Gasteiger partial charge in [-0.3, -0.25) is 5.43 Å². The van der Waals surface area contributed by atoms with Crippen LogP contribution < -0.4 is 14.9 Å². The molecule has 0 bridgehead atoms. The van der Waals surface area contributed by atoms with E-state index in [1.807, 2.05) is 37.3 Å². The lowest BCUT2D eigenvalue weighted by atomic mass is 10.1. The van der Waals surface area contributed by atoms with Gasteiger partial charge < -0.3 is 14.6 Å². The molecule has 0 aliphatic rings. The van der Waals surface area contributed by atoms with Crippen molar-refractivity contribution in [1.82, 2.24) is 4.98 Å². The molecular weight excluding hydrogens is 318 g/mol. The first-order valence-electron chi connectivity index (χ1n) is 7.73. The minimum absolute atomic E-state index is 0.0399. The topological polar surface area (TPSA) is 76.0 Å². The van der Waals surface area contributed by atoms with Gasteiger partial charge in [-0.05, 0) is 36.8 Å². The third-order valence-electron chi connectivity index (χ3n) is 3.82. The Labute approximate surface area is 145 Å². The lowest BCUT2D eigenvalue weighted by Gasteiger charge is -2.09. The largest absolute Gasteiger partial charge is 0.502 e. The van der Waals surface area contributed by atoms with Crippen molar-refractivity contribution < 1.29 is 14.6 Å². The lowest BCUT2D eigenvalue weighted by Crippen LogP contribution is -1.96. The molecule has 3 aromatic rings. The van der Waals surface area contributed by atoms with Gasteiger partial charge in [0.15, 0.2) is 11.5 Å². The molecule has 1 heterocycles. The van der Waals surface area contributed by atoms with Crippen LogP contribution in [0.1, 0.15) is 11.1 Å². The van der Waals surface area contributed by atoms with Gasteiger partial charge in [0.25, 0.3) is 0 Å². The fourth-order valence-corrected chi connectivity index (χ4v) is 2.57. The predicted octanol–water partition coefficient (Wildman–Crippen LogP) is 3.71. The zero-order valence-corrected chi connectivity index (χ0v) is 14.3. The summed E-state index contributed by atoms with van der Waals surface area (Å²) in [6.45, 7) is 2.04. The Morgan fingerprint density at radius 2 is 1.76 bits per heavy atom. The van der Waals surface area contributed by atoms with E-state index in [9.17, 15) is 5.11 Å². The second-order valence-electron chi connectivity index (χ2n) is 5.49. The molecule has 1 aromatic heterocycles. The van der Waals surface area contributed by atoms with E-state index >= 15 is 0 Å². The molecule has 6 nitrogen and oxygen atoms in total. The highest BCUT2D eigenvalue weighted by Crippen LogP contribution is 2.36. The number of nitrogens with zero attached hydrogens (tertiary/aromatic N) is 2. The van der Waals surface area contributed by atoms with Crippen LogP contribution >= 0.6 is 0 Å². The van der Waals surface area contributed by atoms with Gasteiger partial charge in [-0.25, -0.2) is 4.98 Å². The first kappa shape index (κ1) is 16.6. The van der Waals surface area contributed by atoms with E-state index in [4.69, 9.17) is 9.47 Å². The van der Waals surface area contributed by atoms with Crippen molar-refractivity contribution >= 4 is 22.9 Å². The summed E-state index contributed by atoms with van der Waals surface area (Å²) in [4.78, 5) is 4.53. The number of phenols is 1. The lowest BCUT2D eigenvalue weighted by molar-refractivity contribution is 0.340. The van der Waals surface area contributed by atoms with E-state index in [-0.39, 0.29) is 5.75 Å². The Morgan fingerprint density at radius 3 is 2.44 bits per heavy atom. The summed E-state index contributed by atoms with van der Waals surface area (Å²) in [6, 6.07) is 13.2. The molecule has 2 N–H and O–H groups in total. The summed E-state index contributed by atoms with van der Waals surface area (Å²) in [5.74, 6) is 1.26. The van der Waals surface area contributed by atoms with E-state index in [1.54, 1.807) is 18.3 Å². The number of aryl methyl sites for hydroxylation is 1. The van der Waals surface area contributed by atoms with Crippen LogP contribution in [-0.2, 0) is 0 Å². The Hall–Kier alpha value is -3.28. The second-order valence-corrected chi connectivity index (χ2v) is 5.49. The second kappa shape index (κ2) is 7.09. The number of hydrogen-bond donors (Lipinski definition) is 2. The van der Waals surface area contributed by atoms with Gasteiger partial charge in [-0.1, -0.05) is 18.2 Å². The third kappa shape index (κ3) is 3.47. The van der Waals surface area contributed by atoms with Crippen LogP contribution in [0.25, 0.3) is 10.9 Å². The quantitative estimate of drug-likeness (QED) is 0.548. The van der Waals surface area contributed by atoms with Crippen molar-refractivity contribution in [3.8, 4) is 17.2 Å². The van der Waals surface area contributed by atoms with Crippen molar-refractivity contribution in [3.63, 3.8) is 0 Å². The number of phenolic OH excluding ortho intramolecular Hbond substituents is 1. The number of hydrogen-bond acceptors (Lipinski definition) is 6. The number of anilines is 1. The Morgan fingerprint density at radius 1 is 1.08 bits per heavy atom. The number of pyridine rings is 1. The first-order chi connectivity index (χ1) is 12.1. The smallest absolute Gasteiger partial charge is 0.200 e. The molecule has 6 heteroatoms. The molecule has 0 unspecified atom stereocenters. The molecule has 3 rings (SSSR count). The van der Waals surface area contributed by atoms with Gasteiger partial charge in [0.05, 0.1) is 26.0 Å². The van der Waals surface area contributed by atoms with E-state index in [0.29, 0.717) is 17.3 Å². The van der Waals surface area contributed by atoms with Gasteiger partial charge in [0.1, 0.15) is 5.82 Å². The summed E-state index contributed by atoms with van der Waals surface area (Å²) >= 11 is 0. The van der Waals surface area contributed by atoms with Crippen LogP contribution in [0.4, 0.5) is 5.82 Å². The van der Waals surface area contributed by atoms with Gasteiger partial charge in [-0.2, -0.15) is 5.10 Å². The number of para-hydroxylation sites is 1. The van der Waals surface area contributed by atoms with Gasteiger partial charge >= 0.3 is 0 Å². The number of rotatable bonds is 5. The fraction of sp³-hybridized carbons (Fsp3) is 0.158. The van der Waals surface area contributed by atoms with Gasteiger partial charge in [-0.15, -0.1) is 0 Å². The number of methoxy groups -OCH3 is 2. The number of fused-ring (bicyclic) bond motifs is 1. The third-order valence-corrected chi connectivity index (χ3v) is 3.82. The van der Waals surface area contributed by atoms with Crippen LogP contribution in [0.3, 0.4) is 0 Å². The highest BCUT2D eigenvalue weighted by atomic mass is 16.5. The van der Waals surface area contributed by atoms with Crippen LogP contribution in [0.5, 0.6) is 17.2 Å². The van der Waals surface area contributed by atoms with Gasteiger partial charge in [0.2, 0.25) is 5.75 Å². The Bertz CT molecular complexity index is 913. The van der Waals surface area contributed by atoms with Crippen molar-refractivity contribution in [3.05, 3.63) is 53.6 Å². The zero-order valence-electron chi connectivity index (χ0n) is 14.3. The van der Waals surface area contributed by atoms with Crippen LogP contribution in [-0.4, -0.2) is 30.5 Å². The average Bonchev–Trinajstić information content (AvgIpc) is 2.63. The summed E-state index contributed by atoms with van der Waals surface area (Å²) < 4.78 is 10.3. The highest BCUT2D eigenvalue weighted by Gasteiger charge is 2.10. The first-order valence-corrected chi connectivity index (χ1v) is 7.73. The van der Waals surface area contributed by atoms with Crippen molar-refractivity contribution in [2.75, 3.05) is 19.6 Å². The molecule has 0 aliphatic carbocycles. The van der Waals surface area contributed by atoms with Crippen LogP contribution in [0.15, 0.2) is 47.6 Å². The molecule has 0 spiro atoms. The number of aromatic nitrogens is 1. The monoisotopic (exact) mass is 337 g/mol. The summed E-state index contributed by atoms with van der Waals surface area (Å²) in [6.07, 6.45) is 1.61. The van der Waals surface area contributed by atoms with Crippen LogP contribution in [0.2, 0.25) is 0 Å². The molecule has 0 radical (unpaired) electrons. The highest BCUT2D eigenvalue weighted by molar-refractivity contribution is 5.85. The molecule has 0 saturated carbocycles. The summed E-state index contributed by atoms with van der Waals surface area (Å²) in [5, 5.41) is 15.3. The fourth-order valence-electron chi connectivity index (χ4n) is 2.57. The molecule has 0 saturated heterocycles. The molecule has 2 aromatic carbocycles. The molecular formula is C19H19N3O3. The normalized spacial score (nSPS) is 11.0.